The first kappa shape index (κ1) is 21.5. The summed E-state index contributed by atoms with van der Waals surface area (Å²) in [7, 11) is -1.15. The molecule has 3 aromatic rings. The zero-order valence-corrected chi connectivity index (χ0v) is 16.4. The predicted octanol–water partition coefficient (Wildman–Crippen LogP) is 3.21. The lowest BCUT2D eigenvalue weighted by Crippen LogP contribution is -2.22. The van der Waals surface area contributed by atoms with E-state index < -0.39 is 33.1 Å². The molecule has 1 heterocycles. The minimum atomic E-state index is -4.89. The fourth-order valence-corrected chi connectivity index (χ4v) is 3.57. The smallest absolute Gasteiger partial charge is 0.366 e. The van der Waals surface area contributed by atoms with Gasteiger partial charge in [-0.3, -0.25) is 0 Å². The van der Waals surface area contributed by atoms with Crippen molar-refractivity contribution in [1.29, 1.82) is 0 Å². The van der Waals surface area contributed by atoms with Gasteiger partial charge >= 0.3 is 6.18 Å². The second kappa shape index (κ2) is 7.57. The summed E-state index contributed by atoms with van der Waals surface area (Å²) < 4.78 is 81.0. The van der Waals surface area contributed by atoms with Crippen LogP contribution in [0, 0.1) is 5.82 Å². The maximum atomic E-state index is 14.8. The van der Waals surface area contributed by atoms with Crippen molar-refractivity contribution < 1.29 is 26.0 Å². The second-order valence-electron chi connectivity index (χ2n) is 6.36. The third-order valence-corrected chi connectivity index (χ3v) is 5.91. The minimum Gasteiger partial charge on any atom is -0.366 e. The lowest BCUT2D eigenvalue weighted by atomic mass is 9.98. The number of nitrogens with one attached hydrogen (secondary N) is 2. The van der Waals surface area contributed by atoms with Crippen molar-refractivity contribution in [1.82, 2.24) is 19.5 Å². The van der Waals surface area contributed by atoms with E-state index in [1.165, 1.54) is 14.1 Å². The van der Waals surface area contributed by atoms with Crippen LogP contribution in [0.25, 0.3) is 11.1 Å². The number of hydrogen-bond acceptors (Lipinski definition) is 6. The average molecular weight is 444 g/mol. The van der Waals surface area contributed by atoms with Crippen LogP contribution in [0.3, 0.4) is 0 Å². The molecule has 0 bridgehead atoms. The van der Waals surface area contributed by atoms with Gasteiger partial charge in [-0.05, 0) is 29.8 Å². The summed E-state index contributed by atoms with van der Waals surface area (Å²) in [5.74, 6) is -1.37. The van der Waals surface area contributed by atoms with Crippen molar-refractivity contribution in [3.8, 4) is 11.1 Å². The monoisotopic (exact) mass is 444 g/mol. The Morgan fingerprint density at radius 2 is 1.77 bits per heavy atom. The summed E-state index contributed by atoms with van der Waals surface area (Å²) in [6.07, 6.45) is -4.89. The summed E-state index contributed by atoms with van der Waals surface area (Å²) >= 11 is 0. The molecular weight excluding hydrogens is 428 g/mol. The molecule has 0 atom stereocenters. The Morgan fingerprint density at radius 3 is 2.27 bits per heavy atom. The Morgan fingerprint density at radius 1 is 1.13 bits per heavy atom. The molecule has 4 N–H and O–H groups in total. The van der Waals surface area contributed by atoms with Crippen molar-refractivity contribution in [2.24, 2.45) is 0 Å². The molecule has 2 aromatic carbocycles. The highest BCUT2D eigenvalue weighted by molar-refractivity contribution is 7.89. The first-order valence-corrected chi connectivity index (χ1v) is 9.72. The van der Waals surface area contributed by atoms with E-state index in [0.717, 1.165) is 34.6 Å². The van der Waals surface area contributed by atoms with Crippen LogP contribution in [-0.4, -0.2) is 42.0 Å². The van der Waals surface area contributed by atoms with Gasteiger partial charge in [0.1, 0.15) is 5.82 Å². The number of H-pyrrole nitrogens is 1. The topological polar surface area (TPSA) is 117 Å². The molecule has 0 aliphatic heterocycles. The number of rotatable bonds is 5. The van der Waals surface area contributed by atoms with Gasteiger partial charge in [0.25, 0.3) is 0 Å². The zero-order chi connectivity index (χ0) is 22.3. The molecule has 0 saturated carbocycles. The van der Waals surface area contributed by atoms with Crippen LogP contribution in [0.15, 0.2) is 41.3 Å². The van der Waals surface area contributed by atoms with Gasteiger partial charge < -0.3 is 11.1 Å². The second-order valence-corrected chi connectivity index (χ2v) is 8.51. The highest BCUT2D eigenvalue weighted by atomic mass is 32.2. The molecule has 0 spiro atoms. The van der Waals surface area contributed by atoms with E-state index in [4.69, 9.17) is 5.73 Å². The number of hydrogen-bond donors (Lipinski definition) is 3. The van der Waals surface area contributed by atoms with Gasteiger partial charge in [-0.1, -0.05) is 12.1 Å². The highest BCUT2D eigenvalue weighted by Gasteiger charge is 2.36. The molecule has 0 saturated heterocycles. The number of sulfonamides is 1. The van der Waals surface area contributed by atoms with E-state index in [-0.39, 0.29) is 28.0 Å². The lowest BCUT2D eigenvalue weighted by molar-refractivity contribution is -0.137. The van der Waals surface area contributed by atoms with Gasteiger partial charge in [0.15, 0.2) is 0 Å². The molecule has 0 aliphatic carbocycles. The highest BCUT2D eigenvalue weighted by Crippen LogP contribution is 2.41. The molecule has 0 amide bonds. The fraction of sp³-hybridized carbons (Fsp3) is 0.176. The quantitative estimate of drug-likeness (QED) is 0.521. The first-order chi connectivity index (χ1) is 13.9. The summed E-state index contributed by atoms with van der Waals surface area (Å²) in [5.41, 5.74) is 3.01. The van der Waals surface area contributed by atoms with Gasteiger partial charge in [0.2, 0.25) is 21.9 Å². The molecule has 3 rings (SSSR count). The first-order valence-electron chi connectivity index (χ1n) is 8.28. The van der Waals surface area contributed by atoms with Crippen LogP contribution in [0.5, 0.6) is 0 Å². The average Bonchev–Trinajstić information content (AvgIpc) is 3.05. The van der Waals surface area contributed by atoms with Crippen LogP contribution in [-0.2, 0) is 16.2 Å². The van der Waals surface area contributed by atoms with Crippen LogP contribution in [0.2, 0.25) is 0 Å². The van der Waals surface area contributed by atoms with E-state index in [2.05, 4.69) is 20.5 Å². The summed E-state index contributed by atoms with van der Waals surface area (Å²) in [5, 5.41) is 8.33. The molecule has 160 valence electrons. The van der Waals surface area contributed by atoms with Crippen molar-refractivity contribution in [3.05, 3.63) is 47.8 Å². The molecule has 0 fully saturated rings. The van der Waals surface area contributed by atoms with Gasteiger partial charge in [-0.2, -0.15) is 18.2 Å². The molecule has 0 radical (unpaired) electrons. The molecule has 0 aliphatic rings. The largest absolute Gasteiger partial charge is 0.417 e. The van der Waals surface area contributed by atoms with E-state index in [1.807, 2.05) is 0 Å². The van der Waals surface area contributed by atoms with E-state index in [9.17, 15) is 26.0 Å². The molecule has 30 heavy (non-hydrogen) atoms. The number of nitrogens with two attached hydrogens (primary N) is 1. The fourth-order valence-electron chi connectivity index (χ4n) is 2.67. The Hall–Kier alpha value is -3.19. The normalized spacial score (nSPS) is 12.4. The number of halogens is 4. The van der Waals surface area contributed by atoms with Crippen molar-refractivity contribution in [2.45, 2.75) is 11.1 Å². The van der Waals surface area contributed by atoms with E-state index in [1.54, 1.807) is 0 Å². The maximum Gasteiger partial charge on any atom is 0.417 e. The predicted molar refractivity (Wildman–Crippen MR) is 102 cm³/mol. The summed E-state index contributed by atoms with van der Waals surface area (Å²) in [4.78, 5) is 3.56. The molecule has 8 nitrogen and oxygen atoms in total. The number of nitrogen functional groups attached to an aromatic ring is 1. The van der Waals surface area contributed by atoms with Gasteiger partial charge in [-0.25, -0.2) is 22.2 Å². The van der Waals surface area contributed by atoms with Crippen molar-refractivity contribution in [3.63, 3.8) is 0 Å². The lowest BCUT2D eigenvalue weighted by Gasteiger charge is -2.17. The summed E-state index contributed by atoms with van der Waals surface area (Å²) in [6, 6.07) is 6.04. The molecule has 0 unspecified atom stereocenters. The number of aromatic nitrogens is 3. The van der Waals surface area contributed by atoms with E-state index in [0.29, 0.717) is 6.07 Å². The van der Waals surface area contributed by atoms with Crippen molar-refractivity contribution in [2.75, 3.05) is 25.1 Å². The standard InChI is InChI=1S/C17H16F4N6O2S/c1-27(2)30(28,29)11-5-3-9(4-6-11)14-12(17(19,20)21)7-10(8-13(14)18)23-16-24-15(22)25-26-16/h3-8H,1-2H3,(H4,22,23,24,25,26). The number of benzene rings is 2. The van der Waals surface area contributed by atoms with Crippen LogP contribution < -0.4 is 11.1 Å². The van der Waals surface area contributed by atoms with Crippen molar-refractivity contribution >= 4 is 27.6 Å². The number of nitrogens with zero attached hydrogens (tertiary/aromatic N) is 3. The SMILES string of the molecule is CN(C)S(=O)(=O)c1ccc(-c2c(F)cc(Nc3nc(N)n[nH]3)cc2C(F)(F)F)cc1. The van der Waals surface area contributed by atoms with Crippen LogP contribution in [0.4, 0.5) is 35.1 Å². The number of anilines is 3. The number of alkyl halides is 3. The zero-order valence-electron chi connectivity index (χ0n) is 15.6. The Labute approximate surface area is 168 Å². The van der Waals surface area contributed by atoms with E-state index >= 15 is 0 Å². The minimum absolute atomic E-state index is 0.0639. The third-order valence-electron chi connectivity index (χ3n) is 4.08. The van der Waals surface area contributed by atoms with Crippen LogP contribution in [0.1, 0.15) is 5.56 Å². The summed E-state index contributed by atoms with van der Waals surface area (Å²) in [6.45, 7) is 0. The van der Waals surface area contributed by atoms with Gasteiger partial charge in [-0.15, -0.1) is 5.10 Å². The molecule has 13 heteroatoms. The molecule has 1 aromatic heterocycles. The van der Waals surface area contributed by atoms with Crippen LogP contribution >= 0.6 is 0 Å². The molecular formula is C17H16F4N6O2S. The Balaban J connectivity index is 2.08. The Kier molecular flexibility index (Phi) is 5.43. The third kappa shape index (κ3) is 4.21. The number of aromatic amines is 1. The van der Waals surface area contributed by atoms with Gasteiger partial charge in [0.05, 0.1) is 10.5 Å². The Bertz CT molecular complexity index is 1170. The maximum absolute atomic E-state index is 14.8. The van der Waals surface area contributed by atoms with Gasteiger partial charge in [0, 0.05) is 25.3 Å².